The molecule has 0 aromatic heterocycles. The van der Waals surface area contributed by atoms with Crippen LogP contribution in [0.15, 0.2) is 12.1 Å². The SMILES string of the molecule is CN(C)S(=O)(=O)C[C@@H]1CN(C(=O)c2cc(F)c(F)cc2F)C[C@H]1O. The number of aliphatic hydroxyl groups is 1. The summed E-state index contributed by atoms with van der Waals surface area (Å²) in [6.07, 6.45) is -1.11. The summed E-state index contributed by atoms with van der Waals surface area (Å²) in [5.41, 5.74) is -0.669. The summed E-state index contributed by atoms with van der Waals surface area (Å²) in [6, 6.07) is 0.715. The van der Waals surface area contributed by atoms with Gasteiger partial charge in [0.05, 0.1) is 17.4 Å². The predicted octanol–water partition coefficient (Wildman–Crippen LogP) is 0.428. The van der Waals surface area contributed by atoms with Gasteiger partial charge in [0, 0.05) is 39.2 Å². The van der Waals surface area contributed by atoms with Crippen molar-refractivity contribution in [1.29, 1.82) is 0 Å². The Labute approximate surface area is 137 Å². The number of rotatable bonds is 4. The number of amides is 1. The van der Waals surface area contributed by atoms with Gasteiger partial charge >= 0.3 is 0 Å². The molecule has 1 heterocycles. The van der Waals surface area contributed by atoms with Crippen molar-refractivity contribution >= 4 is 15.9 Å². The molecule has 0 unspecified atom stereocenters. The van der Waals surface area contributed by atoms with Gasteiger partial charge in [-0.05, 0) is 6.07 Å². The lowest BCUT2D eigenvalue weighted by molar-refractivity contribution is 0.0759. The van der Waals surface area contributed by atoms with E-state index in [0.717, 1.165) is 9.21 Å². The quantitative estimate of drug-likeness (QED) is 0.784. The van der Waals surface area contributed by atoms with Gasteiger partial charge in [-0.1, -0.05) is 0 Å². The second kappa shape index (κ2) is 6.69. The van der Waals surface area contributed by atoms with Crippen LogP contribution in [-0.4, -0.2) is 67.7 Å². The van der Waals surface area contributed by atoms with E-state index in [4.69, 9.17) is 0 Å². The van der Waals surface area contributed by atoms with Crippen molar-refractivity contribution in [3.63, 3.8) is 0 Å². The van der Waals surface area contributed by atoms with Crippen molar-refractivity contribution in [3.05, 3.63) is 35.1 Å². The van der Waals surface area contributed by atoms with Gasteiger partial charge in [-0.25, -0.2) is 25.9 Å². The van der Waals surface area contributed by atoms with Crippen LogP contribution in [0.4, 0.5) is 13.2 Å². The van der Waals surface area contributed by atoms with Crippen LogP contribution in [0, 0.1) is 23.4 Å². The molecule has 0 saturated carbocycles. The Morgan fingerprint density at radius 3 is 2.38 bits per heavy atom. The molecule has 0 spiro atoms. The van der Waals surface area contributed by atoms with Crippen molar-refractivity contribution < 1.29 is 31.5 Å². The van der Waals surface area contributed by atoms with Crippen molar-refractivity contribution in [2.24, 2.45) is 5.92 Å². The first kappa shape index (κ1) is 18.7. The molecular weight excluding hydrogens is 349 g/mol. The minimum absolute atomic E-state index is 0.133. The van der Waals surface area contributed by atoms with E-state index in [9.17, 15) is 31.5 Å². The summed E-state index contributed by atoms with van der Waals surface area (Å²) in [5.74, 6) is -6.08. The van der Waals surface area contributed by atoms with Gasteiger partial charge in [0.15, 0.2) is 11.6 Å². The lowest BCUT2D eigenvalue weighted by Gasteiger charge is -2.18. The molecule has 6 nitrogen and oxygen atoms in total. The number of benzene rings is 1. The summed E-state index contributed by atoms with van der Waals surface area (Å²) >= 11 is 0. The van der Waals surface area contributed by atoms with Crippen LogP contribution in [0.2, 0.25) is 0 Å². The van der Waals surface area contributed by atoms with Crippen molar-refractivity contribution in [1.82, 2.24) is 9.21 Å². The number of halogens is 3. The Balaban J connectivity index is 2.18. The third kappa shape index (κ3) is 3.70. The fourth-order valence-corrected chi connectivity index (χ4v) is 3.63. The van der Waals surface area contributed by atoms with Gasteiger partial charge in [0.2, 0.25) is 10.0 Å². The molecule has 1 N–H and O–H groups in total. The Morgan fingerprint density at radius 2 is 1.79 bits per heavy atom. The van der Waals surface area contributed by atoms with Crippen LogP contribution in [0.5, 0.6) is 0 Å². The fraction of sp³-hybridized carbons (Fsp3) is 0.500. The molecule has 1 amide bonds. The standard InChI is InChI=1S/C14H17F3N2O4S/c1-18(2)24(22,23)7-8-5-19(6-13(8)20)14(21)9-3-11(16)12(17)4-10(9)15/h3-4,8,13,20H,5-7H2,1-2H3/t8-,13+/m0/s1. The van der Waals surface area contributed by atoms with Crippen LogP contribution < -0.4 is 0 Å². The second-order valence-corrected chi connectivity index (χ2v) is 8.07. The van der Waals surface area contributed by atoms with Crippen LogP contribution in [0.25, 0.3) is 0 Å². The number of β-amino-alcohol motifs (C(OH)–C–C–N with tert-alkyl or cyclic N) is 1. The van der Waals surface area contributed by atoms with Crippen molar-refractivity contribution in [2.45, 2.75) is 6.10 Å². The third-order valence-corrected chi connectivity index (χ3v) is 5.88. The van der Waals surface area contributed by atoms with Gasteiger partial charge in [0.1, 0.15) is 5.82 Å². The largest absolute Gasteiger partial charge is 0.391 e. The predicted molar refractivity (Wildman–Crippen MR) is 79.2 cm³/mol. The highest BCUT2D eigenvalue weighted by Gasteiger charge is 2.38. The topological polar surface area (TPSA) is 77.9 Å². The third-order valence-electron chi connectivity index (χ3n) is 3.92. The number of nitrogens with zero attached hydrogens (tertiary/aromatic N) is 2. The highest BCUT2D eigenvalue weighted by molar-refractivity contribution is 7.89. The second-order valence-electron chi connectivity index (χ2n) is 5.84. The maximum Gasteiger partial charge on any atom is 0.257 e. The minimum Gasteiger partial charge on any atom is -0.391 e. The number of likely N-dealkylation sites (tertiary alicyclic amines) is 1. The van der Waals surface area contributed by atoms with Crippen LogP contribution in [0.3, 0.4) is 0 Å². The summed E-state index contributed by atoms with van der Waals surface area (Å²) in [7, 11) is -0.910. The average Bonchev–Trinajstić information content (AvgIpc) is 2.82. The summed E-state index contributed by atoms with van der Waals surface area (Å²) in [6.45, 7) is -0.351. The van der Waals surface area contributed by atoms with E-state index in [0.29, 0.717) is 6.07 Å². The average molecular weight is 366 g/mol. The van der Waals surface area contributed by atoms with E-state index in [1.807, 2.05) is 0 Å². The Hall–Kier alpha value is -1.65. The van der Waals surface area contributed by atoms with Crippen molar-refractivity contribution in [2.75, 3.05) is 32.9 Å². The van der Waals surface area contributed by atoms with E-state index in [1.165, 1.54) is 14.1 Å². The number of carbonyl (C=O) groups is 1. The lowest BCUT2D eigenvalue weighted by Crippen LogP contribution is -2.33. The van der Waals surface area contributed by atoms with Gasteiger partial charge in [-0.15, -0.1) is 0 Å². The maximum atomic E-state index is 13.7. The molecule has 0 aliphatic carbocycles. The zero-order chi connectivity index (χ0) is 18.2. The molecule has 2 atom stereocenters. The zero-order valence-electron chi connectivity index (χ0n) is 13.0. The first-order valence-corrected chi connectivity index (χ1v) is 8.66. The molecule has 1 aliphatic rings. The Kier molecular flexibility index (Phi) is 5.21. The molecule has 10 heteroatoms. The molecular formula is C14H17F3N2O4S. The van der Waals surface area contributed by atoms with E-state index in [1.54, 1.807) is 0 Å². The maximum absolute atomic E-state index is 13.7. The Morgan fingerprint density at radius 1 is 1.21 bits per heavy atom. The molecule has 24 heavy (non-hydrogen) atoms. The van der Waals surface area contributed by atoms with Gasteiger partial charge < -0.3 is 10.0 Å². The number of hydrogen-bond acceptors (Lipinski definition) is 4. The minimum atomic E-state index is -3.60. The van der Waals surface area contributed by atoms with Crippen LogP contribution in [-0.2, 0) is 10.0 Å². The molecule has 1 aromatic rings. The zero-order valence-corrected chi connectivity index (χ0v) is 13.9. The molecule has 0 radical (unpaired) electrons. The Bertz CT molecular complexity index is 755. The molecule has 1 fully saturated rings. The molecule has 0 bridgehead atoms. The number of hydrogen-bond donors (Lipinski definition) is 1. The monoisotopic (exact) mass is 366 g/mol. The summed E-state index contributed by atoms with van der Waals surface area (Å²) in [5, 5.41) is 9.96. The normalized spacial score (nSPS) is 21.5. The molecule has 2 rings (SSSR count). The lowest BCUT2D eigenvalue weighted by atomic mass is 10.1. The van der Waals surface area contributed by atoms with Crippen LogP contribution in [0.1, 0.15) is 10.4 Å². The van der Waals surface area contributed by atoms with Gasteiger partial charge in [0.25, 0.3) is 5.91 Å². The molecule has 1 aromatic carbocycles. The highest BCUT2D eigenvalue weighted by Crippen LogP contribution is 2.23. The summed E-state index contributed by atoms with van der Waals surface area (Å²) in [4.78, 5) is 13.3. The van der Waals surface area contributed by atoms with E-state index < -0.39 is 51.0 Å². The van der Waals surface area contributed by atoms with Gasteiger partial charge in [-0.3, -0.25) is 4.79 Å². The first-order chi connectivity index (χ1) is 11.0. The fourth-order valence-electron chi connectivity index (χ4n) is 2.46. The number of aliphatic hydroxyl groups excluding tert-OH is 1. The number of sulfonamides is 1. The van der Waals surface area contributed by atoms with Crippen LogP contribution >= 0.6 is 0 Å². The number of carbonyl (C=O) groups excluding carboxylic acids is 1. The van der Waals surface area contributed by atoms with E-state index in [2.05, 4.69) is 0 Å². The van der Waals surface area contributed by atoms with Crippen molar-refractivity contribution in [3.8, 4) is 0 Å². The highest BCUT2D eigenvalue weighted by atomic mass is 32.2. The summed E-state index contributed by atoms with van der Waals surface area (Å²) < 4.78 is 64.6. The molecule has 134 valence electrons. The molecule has 1 aliphatic heterocycles. The van der Waals surface area contributed by atoms with E-state index in [-0.39, 0.29) is 24.9 Å². The first-order valence-electron chi connectivity index (χ1n) is 7.05. The van der Waals surface area contributed by atoms with Gasteiger partial charge in [-0.2, -0.15) is 0 Å². The van der Waals surface area contributed by atoms with E-state index >= 15 is 0 Å². The molecule has 1 saturated heterocycles. The smallest absolute Gasteiger partial charge is 0.257 e.